The third-order valence-corrected chi connectivity index (χ3v) is 5.77. The average Bonchev–Trinajstić information content (AvgIpc) is 3.00. The second kappa shape index (κ2) is 6.01. The van der Waals surface area contributed by atoms with Crippen LogP contribution in [0.25, 0.3) is 0 Å². The van der Waals surface area contributed by atoms with Crippen molar-refractivity contribution >= 4 is 23.1 Å². The summed E-state index contributed by atoms with van der Waals surface area (Å²) in [5.74, 6) is 0.500. The minimum Gasteiger partial charge on any atom is -0.355 e. The van der Waals surface area contributed by atoms with E-state index in [9.17, 15) is 18.0 Å². The Bertz CT molecular complexity index is 781. The van der Waals surface area contributed by atoms with Gasteiger partial charge in [-0.3, -0.25) is 4.79 Å². The number of nitrogens with zero attached hydrogens (tertiary/aromatic N) is 3. The number of rotatable bonds is 2. The van der Waals surface area contributed by atoms with Crippen molar-refractivity contribution in [2.45, 2.75) is 19.1 Å². The number of carbonyl (C=O) groups excluding carboxylic acids is 1. The zero-order valence-electron chi connectivity index (χ0n) is 13.3. The molecule has 0 bridgehead atoms. The minimum atomic E-state index is -4.38. The van der Waals surface area contributed by atoms with Gasteiger partial charge in [0.1, 0.15) is 5.82 Å². The van der Waals surface area contributed by atoms with Gasteiger partial charge >= 0.3 is 6.18 Å². The van der Waals surface area contributed by atoms with Crippen molar-refractivity contribution in [1.82, 2.24) is 9.88 Å². The molecule has 0 saturated carbocycles. The predicted molar refractivity (Wildman–Crippen MR) is 88.4 cm³/mol. The van der Waals surface area contributed by atoms with Gasteiger partial charge in [0.25, 0.3) is 0 Å². The number of fused-ring (bicyclic) bond motifs is 1. The number of thiophene rings is 1. The van der Waals surface area contributed by atoms with Gasteiger partial charge in [0.15, 0.2) is 0 Å². The van der Waals surface area contributed by atoms with E-state index in [1.54, 1.807) is 11.3 Å². The predicted octanol–water partition coefficient (Wildman–Crippen LogP) is 3.18. The molecule has 0 radical (unpaired) electrons. The fraction of sp³-hybridized carbons (Fsp3) is 0.412. The zero-order valence-corrected chi connectivity index (χ0v) is 14.1. The molecule has 2 aromatic rings. The molecule has 1 fully saturated rings. The monoisotopic (exact) mass is 367 g/mol. The van der Waals surface area contributed by atoms with E-state index in [-0.39, 0.29) is 11.8 Å². The molecule has 0 unspecified atom stereocenters. The van der Waals surface area contributed by atoms with E-state index in [2.05, 4.69) is 16.4 Å². The lowest BCUT2D eigenvalue weighted by Gasteiger charge is -2.42. The number of pyridine rings is 1. The third kappa shape index (κ3) is 3.10. The number of halogens is 3. The topological polar surface area (TPSA) is 36.4 Å². The van der Waals surface area contributed by atoms with Crippen LogP contribution in [0.2, 0.25) is 0 Å². The number of hydrogen-bond donors (Lipinski definition) is 0. The van der Waals surface area contributed by atoms with E-state index in [1.807, 2.05) is 9.80 Å². The lowest BCUT2D eigenvalue weighted by molar-refractivity contribution is -0.138. The molecule has 1 saturated heterocycles. The molecule has 25 heavy (non-hydrogen) atoms. The van der Waals surface area contributed by atoms with Crippen LogP contribution in [0.4, 0.5) is 19.0 Å². The Morgan fingerprint density at radius 1 is 1.24 bits per heavy atom. The van der Waals surface area contributed by atoms with Crippen LogP contribution in [0.1, 0.15) is 16.0 Å². The Morgan fingerprint density at radius 3 is 2.72 bits per heavy atom. The lowest BCUT2D eigenvalue weighted by atomic mass is 9.97. The van der Waals surface area contributed by atoms with Gasteiger partial charge in [-0.05, 0) is 35.6 Å². The van der Waals surface area contributed by atoms with E-state index in [0.29, 0.717) is 25.5 Å². The summed E-state index contributed by atoms with van der Waals surface area (Å²) in [7, 11) is 0. The van der Waals surface area contributed by atoms with Crippen molar-refractivity contribution in [2.24, 2.45) is 5.92 Å². The first-order valence-electron chi connectivity index (χ1n) is 8.04. The van der Waals surface area contributed by atoms with Gasteiger partial charge in [0, 0.05) is 37.3 Å². The first-order chi connectivity index (χ1) is 11.9. The number of alkyl halides is 3. The average molecular weight is 367 g/mol. The summed E-state index contributed by atoms with van der Waals surface area (Å²) >= 11 is 1.73. The van der Waals surface area contributed by atoms with Gasteiger partial charge < -0.3 is 9.80 Å². The van der Waals surface area contributed by atoms with Crippen LogP contribution in [-0.2, 0) is 23.9 Å². The molecule has 2 aromatic heterocycles. The van der Waals surface area contributed by atoms with Crippen LogP contribution in [0.5, 0.6) is 0 Å². The van der Waals surface area contributed by atoms with Crippen molar-refractivity contribution in [3.63, 3.8) is 0 Å². The standard InChI is InChI=1S/C17H16F3N3OS/c18-17(19,20)13-1-2-15(21-7-13)23-9-12(10-23)16(24)22-5-3-14-11(8-22)4-6-25-14/h1-2,4,6-7,12H,3,5,8-10H2. The van der Waals surface area contributed by atoms with Crippen molar-refractivity contribution in [1.29, 1.82) is 0 Å². The highest BCUT2D eigenvalue weighted by Gasteiger charge is 2.37. The maximum absolute atomic E-state index is 12.6. The fourth-order valence-corrected chi connectivity index (χ4v) is 4.15. The Kier molecular flexibility index (Phi) is 3.94. The molecule has 8 heteroatoms. The Balaban J connectivity index is 1.35. The van der Waals surface area contributed by atoms with E-state index in [0.717, 1.165) is 25.2 Å². The summed E-state index contributed by atoms with van der Waals surface area (Å²) in [4.78, 5) is 21.6. The smallest absolute Gasteiger partial charge is 0.355 e. The van der Waals surface area contributed by atoms with E-state index < -0.39 is 11.7 Å². The highest BCUT2D eigenvalue weighted by atomic mass is 32.1. The third-order valence-electron chi connectivity index (χ3n) is 4.75. The molecule has 0 atom stereocenters. The Hall–Kier alpha value is -2.09. The second-order valence-corrected chi connectivity index (χ2v) is 7.38. The molecule has 0 aromatic carbocycles. The molecular weight excluding hydrogens is 351 g/mol. The number of hydrogen-bond acceptors (Lipinski definition) is 4. The maximum atomic E-state index is 12.6. The zero-order chi connectivity index (χ0) is 17.6. The second-order valence-electron chi connectivity index (χ2n) is 6.38. The van der Waals surface area contributed by atoms with Crippen LogP contribution in [0.15, 0.2) is 29.8 Å². The lowest BCUT2D eigenvalue weighted by Crippen LogP contribution is -2.55. The number of anilines is 1. The van der Waals surface area contributed by atoms with Crippen molar-refractivity contribution < 1.29 is 18.0 Å². The molecular formula is C17H16F3N3OS. The van der Waals surface area contributed by atoms with Crippen molar-refractivity contribution in [2.75, 3.05) is 24.5 Å². The number of aromatic nitrogens is 1. The quantitative estimate of drug-likeness (QED) is 0.818. The summed E-state index contributed by atoms with van der Waals surface area (Å²) in [5, 5.41) is 2.06. The van der Waals surface area contributed by atoms with Crippen molar-refractivity contribution in [3.05, 3.63) is 45.8 Å². The largest absolute Gasteiger partial charge is 0.417 e. The summed E-state index contributed by atoms with van der Waals surface area (Å²) in [6.07, 6.45) is -2.64. The first-order valence-corrected chi connectivity index (χ1v) is 8.92. The van der Waals surface area contributed by atoms with Gasteiger partial charge in [-0.1, -0.05) is 0 Å². The molecule has 2 aliphatic rings. The van der Waals surface area contributed by atoms with Gasteiger partial charge in [0.05, 0.1) is 11.5 Å². The SMILES string of the molecule is O=C(C1CN(c2ccc(C(F)(F)F)cn2)C1)N1CCc2sccc2C1. The molecule has 1 amide bonds. The van der Waals surface area contributed by atoms with Crippen LogP contribution < -0.4 is 4.90 Å². The molecule has 0 aliphatic carbocycles. The van der Waals surface area contributed by atoms with Crippen LogP contribution >= 0.6 is 11.3 Å². The Morgan fingerprint density at radius 2 is 2.04 bits per heavy atom. The highest BCUT2D eigenvalue weighted by molar-refractivity contribution is 7.10. The van der Waals surface area contributed by atoms with Crippen molar-refractivity contribution in [3.8, 4) is 0 Å². The number of carbonyl (C=O) groups is 1. The van der Waals surface area contributed by atoms with Crippen LogP contribution in [-0.4, -0.2) is 35.4 Å². The molecule has 0 N–H and O–H groups in total. The number of amides is 1. The first kappa shape index (κ1) is 16.4. The molecule has 0 spiro atoms. The van der Waals surface area contributed by atoms with Gasteiger partial charge in [0.2, 0.25) is 5.91 Å². The Labute approximate surface area is 146 Å². The van der Waals surface area contributed by atoms with E-state index in [1.165, 1.54) is 16.5 Å². The van der Waals surface area contributed by atoms with Crippen LogP contribution in [0.3, 0.4) is 0 Å². The summed E-state index contributed by atoms with van der Waals surface area (Å²) in [6, 6.07) is 4.46. The molecule has 2 aliphatic heterocycles. The maximum Gasteiger partial charge on any atom is 0.417 e. The molecule has 132 valence electrons. The normalized spacial score (nSPS) is 18.0. The molecule has 4 heterocycles. The summed E-state index contributed by atoms with van der Waals surface area (Å²) in [5.41, 5.74) is 0.467. The molecule has 4 nitrogen and oxygen atoms in total. The summed E-state index contributed by atoms with van der Waals surface area (Å²) in [6.45, 7) is 2.41. The van der Waals surface area contributed by atoms with E-state index >= 15 is 0 Å². The minimum absolute atomic E-state index is 0.107. The van der Waals surface area contributed by atoms with Crippen LogP contribution in [0, 0.1) is 5.92 Å². The van der Waals surface area contributed by atoms with Gasteiger partial charge in [-0.15, -0.1) is 11.3 Å². The summed E-state index contributed by atoms with van der Waals surface area (Å²) < 4.78 is 37.7. The highest BCUT2D eigenvalue weighted by Crippen LogP contribution is 2.32. The van der Waals surface area contributed by atoms with Gasteiger partial charge in [-0.2, -0.15) is 13.2 Å². The molecule has 4 rings (SSSR count). The van der Waals surface area contributed by atoms with E-state index in [4.69, 9.17) is 0 Å². The fourth-order valence-electron chi connectivity index (χ4n) is 3.26. The van der Waals surface area contributed by atoms with Gasteiger partial charge in [-0.25, -0.2) is 4.98 Å².